The van der Waals surface area contributed by atoms with E-state index in [0.717, 1.165) is 38.5 Å². The SMILES string of the molecule is O=S(=O)(C1CC1)N1C2CCC1CC(Oc1ccccn1)C2. The number of ether oxygens (including phenoxy) is 1. The van der Waals surface area contributed by atoms with E-state index in [9.17, 15) is 8.42 Å². The lowest BCUT2D eigenvalue weighted by molar-refractivity contribution is 0.0917. The number of hydrogen-bond donors (Lipinski definition) is 0. The Hall–Kier alpha value is -1.14. The van der Waals surface area contributed by atoms with Crippen molar-refractivity contribution in [3.05, 3.63) is 24.4 Å². The van der Waals surface area contributed by atoms with Crippen molar-refractivity contribution in [2.24, 2.45) is 0 Å². The molecule has 4 rings (SSSR count). The summed E-state index contributed by atoms with van der Waals surface area (Å²) in [6, 6.07) is 5.88. The number of aromatic nitrogens is 1. The van der Waals surface area contributed by atoms with Gasteiger partial charge in [0.2, 0.25) is 15.9 Å². The molecular weight excluding hydrogens is 288 g/mol. The van der Waals surface area contributed by atoms with Crippen LogP contribution in [0.3, 0.4) is 0 Å². The number of hydrogen-bond acceptors (Lipinski definition) is 4. The van der Waals surface area contributed by atoms with E-state index in [1.54, 1.807) is 6.20 Å². The van der Waals surface area contributed by atoms with E-state index < -0.39 is 10.0 Å². The third-order valence-electron chi connectivity index (χ3n) is 4.79. The summed E-state index contributed by atoms with van der Waals surface area (Å²) in [4.78, 5) is 4.20. The molecule has 21 heavy (non-hydrogen) atoms. The summed E-state index contributed by atoms with van der Waals surface area (Å²) >= 11 is 0. The Labute approximate surface area is 125 Å². The van der Waals surface area contributed by atoms with Gasteiger partial charge in [0.25, 0.3) is 0 Å². The van der Waals surface area contributed by atoms with Gasteiger partial charge in [0.1, 0.15) is 6.10 Å². The van der Waals surface area contributed by atoms with Gasteiger partial charge in [-0.3, -0.25) is 0 Å². The fourth-order valence-electron chi connectivity index (χ4n) is 3.72. The van der Waals surface area contributed by atoms with Gasteiger partial charge < -0.3 is 4.74 Å². The molecule has 0 amide bonds. The molecule has 2 unspecified atom stereocenters. The van der Waals surface area contributed by atoms with Crippen LogP contribution in [0.4, 0.5) is 0 Å². The number of nitrogens with zero attached hydrogens (tertiary/aromatic N) is 2. The highest BCUT2D eigenvalue weighted by atomic mass is 32.2. The maximum absolute atomic E-state index is 12.5. The Kier molecular flexibility index (Phi) is 3.19. The predicted molar refractivity (Wildman–Crippen MR) is 78.5 cm³/mol. The number of pyridine rings is 1. The van der Waals surface area contributed by atoms with Crippen molar-refractivity contribution in [1.82, 2.24) is 9.29 Å². The third-order valence-corrected chi connectivity index (χ3v) is 7.29. The van der Waals surface area contributed by atoms with Crippen molar-refractivity contribution in [3.8, 4) is 5.88 Å². The Bertz CT molecular complexity index is 601. The number of sulfonamides is 1. The summed E-state index contributed by atoms with van der Waals surface area (Å²) in [6.07, 6.45) is 7.01. The molecule has 0 radical (unpaired) electrons. The molecule has 1 aliphatic carbocycles. The van der Waals surface area contributed by atoms with Gasteiger partial charge in [-0.25, -0.2) is 13.4 Å². The normalized spacial score (nSPS) is 33.0. The molecular formula is C15H20N2O3S. The molecule has 1 aromatic heterocycles. The first-order valence-corrected chi connectivity index (χ1v) is 9.25. The molecule has 2 saturated heterocycles. The van der Waals surface area contributed by atoms with Crippen LogP contribution in [0.2, 0.25) is 0 Å². The minimum Gasteiger partial charge on any atom is -0.474 e. The lowest BCUT2D eigenvalue weighted by Crippen LogP contribution is -2.50. The summed E-state index contributed by atoms with van der Waals surface area (Å²) < 4.78 is 32.9. The second kappa shape index (κ2) is 4.95. The van der Waals surface area contributed by atoms with E-state index >= 15 is 0 Å². The van der Waals surface area contributed by atoms with Gasteiger partial charge in [-0.2, -0.15) is 4.31 Å². The van der Waals surface area contributed by atoms with Crippen LogP contribution in [0.1, 0.15) is 38.5 Å². The largest absolute Gasteiger partial charge is 0.474 e. The van der Waals surface area contributed by atoms with Crippen LogP contribution >= 0.6 is 0 Å². The Morgan fingerprint density at radius 2 is 1.81 bits per heavy atom. The van der Waals surface area contributed by atoms with Gasteiger partial charge in [0.05, 0.1) is 5.25 Å². The molecule has 2 atom stereocenters. The van der Waals surface area contributed by atoms with Crippen LogP contribution in [0.15, 0.2) is 24.4 Å². The molecule has 6 heteroatoms. The van der Waals surface area contributed by atoms with Crippen LogP contribution in [0.5, 0.6) is 5.88 Å². The third kappa shape index (κ3) is 2.44. The second-order valence-electron chi connectivity index (χ2n) is 6.34. The number of rotatable bonds is 4. The Morgan fingerprint density at radius 3 is 2.38 bits per heavy atom. The highest BCUT2D eigenvalue weighted by Crippen LogP contribution is 2.43. The standard InChI is InChI=1S/C15H20N2O3S/c18-21(19,14-6-7-14)17-11-4-5-12(17)10-13(9-11)20-15-3-1-2-8-16-15/h1-3,8,11-14H,4-7,9-10H2. The van der Waals surface area contributed by atoms with Crippen molar-refractivity contribution < 1.29 is 13.2 Å². The first-order valence-electron chi connectivity index (χ1n) is 7.74. The minimum absolute atomic E-state index is 0.0862. The number of fused-ring (bicyclic) bond motifs is 2. The second-order valence-corrected chi connectivity index (χ2v) is 8.46. The summed E-state index contributed by atoms with van der Waals surface area (Å²) in [5.41, 5.74) is 0. The Balaban J connectivity index is 1.48. The smallest absolute Gasteiger partial charge is 0.217 e. The summed E-state index contributed by atoms with van der Waals surface area (Å²) in [6.45, 7) is 0. The average Bonchev–Trinajstić information content (AvgIpc) is 3.27. The van der Waals surface area contributed by atoms with Crippen LogP contribution in [-0.4, -0.2) is 41.1 Å². The van der Waals surface area contributed by atoms with Crippen LogP contribution in [0.25, 0.3) is 0 Å². The van der Waals surface area contributed by atoms with E-state index in [4.69, 9.17) is 4.74 Å². The van der Waals surface area contributed by atoms with Gasteiger partial charge in [-0.1, -0.05) is 6.07 Å². The Morgan fingerprint density at radius 1 is 1.10 bits per heavy atom. The highest BCUT2D eigenvalue weighted by molar-refractivity contribution is 7.90. The van der Waals surface area contributed by atoms with E-state index in [-0.39, 0.29) is 23.4 Å². The van der Waals surface area contributed by atoms with E-state index in [0.29, 0.717) is 5.88 Å². The molecule has 2 aliphatic heterocycles. The molecule has 0 aromatic carbocycles. The maximum Gasteiger partial charge on any atom is 0.217 e. The molecule has 1 saturated carbocycles. The van der Waals surface area contributed by atoms with Crippen molar-refractivity contribution in [1.29, 1.82) is 0 Å². The lowest BCUT2D eigenvalue weighted by atomic mass is 10.0. The minimum atomic E-state index is -3.06. The van der Waals surface area contributed by atoms with Gasteiger partial charge in [0, 0.05) is 37.2 Å². The maximum atomic E-state index is 12.5. The van der Waals surface area contributed by atoms with Crippen molar-refractivity contribution >= 4 is 10.0 Å². The molecule has 3 aliphatic rings. The number of piperidine rings is 1. The van der Waals surface area contributed by atoms with Crippen molar-refractivity contribution in [2.75, 3.05) is 0 Å². The van der Waals surface area contributed by atoms with Gasteiger partial charge in [-0.15, -0.1) is 0 Å². The first-order chi connectivity index (χ1) is 10.1. The predicted octanol–water partition coefficient (Wildman–Crippen LogP) is 1.95. The van der Waals surface area contributed by atoms with Gasteiger partial charge in [-0.05, 0) is 31.7 Å². The monoisotopic (exact) mass is 308 g/mol. The zero-order valence-electron chi connectivity index (χ0n) is 11.9. The first kappa shape index (κ1) is 13.5. The molecule has 0 N–H and O–H groups in total. The zero-order chi connectivity index (χ0) is 14.4. The van der Waals surface area contributed by atoms with E-state index in [1.807, 2.05) is 22.5 Å². The van der Waals surface area contributed by atoms with Crippen LogP contribution in [0, 0.1) is 0 Å². The van der Waals surface area contributed by atoms with E-state index in [1.165, 1.54) is 0 Å². The summed E-state index contributed by atoms with van der Waals surface area (Å²) in [5.74, 6) is 0.639. The van der Waals surface area contributed by atoms with Crippen molar-refractivity contribution in [2.45, 2.75) is 62.0 Å². The average molecular weight is 308 g/mol. The molecule has 1 aromatic rings. The topological polar surface area (TPSA) is 59.5 Å². The van der Waals surface area contributed by atoms with Crippen LogP contribution < -0.4 is 4.74 Å². The quantitative estimate of drug-likeness (QED) is 0.853. The zero-order valence-corrected chi connectivity index (χ0v) is 12.7. The fourth-order valence-corrected chi connectivity index (χ4v) is 6.01. The molecule has 5 nitrogen and oxygen atoms in total. The molecule has 3 heterocycles. The highest BCUT2D eigenvalue weighted by Gasteiger charge is 2.51. The summed E-state index contributed by atoms with van der Waals surface area (Å²) in [7, 11) is -3.06. The lowest BCUT2D eigenvalue weighted by Gasteiger charge is -2.37. The molecule has 2 bridgehead atoms. The van der Waals surface area contributed by atoms with Gasteiger partial charge in [0.15, 0.2) is 0 Å². The van der Waals surface area contributed by atoms with Crippen molar-refractivity contribution in [3.63, 3.8) is 0 Å². The van der Waals surface area contributed by atoms with Gasteiger partial charge >= 0.3 is 0 Å². The van der Waals surface area contributed by atoms with Crippen LogP contribution in [-0.2, 0) is 10.0 Å². The molecule has 114 valence electrons. The molecule has 3 fully saturated rings. The van der Waals surface area contributed by atoms with E-state index in [2.05, 4.69) is 4.98 Å². The fraction of sp³-hybridized carbons (Fsp3) is 0.667. The summed E-state index contributed by atoms with van der Waals surface area (Å²) in [5, 5.41) is -0.103. The molecule has 0 spiro atoms.